The standard InChI is InChI=1S/C15H15BrClNO2/c16-11-6-7-14(17)15(8-11)18-9-12(19)10-20-13-4-2-1-3-5-13/h1-8,12,18-19H,9-10H2. The Bertz CT molecular complexity index is 551. The lowest BCUT2D eigenvalue weighted by atomic mass is 10.3. The number of halogens is 2. The Labute approximate surface area is 131 Å². The van der Waals surface area contributed by atoms with Crippen LogP contribution in [-0.2, 0) is 0 Å². The van der Waals surface area contributed by atoms with E-state index in [0.717, 1.165) is 15.9 Å². The molecule has 2 N–H and O–H groups in total. The molecule has 0 bridgehead atoms. The van der Waals surface area contributed by atoms with Crippen molar-refractivity contribution >= 4 is 33.2 Å². The quantitative estimate of drug-likeness (QED) is 0.823. The van der Waals surface area contributed by atoms with Crippen molar-refractivity contribution in [3.8, 4) is 5.75 Å². The van der Waals surface area contributed by atoms with E-state index in [4.69, 9.17) is 16.3 Å². The van der Waals surface area contributed by atoms with Crippen LogP contribution in [0.3, 0.4) is 0 Å². The van der Waals surface area contributed by atoms with Gasteiger partial charge >= 0.3 is 0 Å². The van der Waals surface area contributed by atoms with E-state index >= 15 is 0 Å². The van der Waals surface area contributed by atoms with Crippen LogP contribution in [0, 0.1) is 0 Å². The smallest absolute Gasteiger partial charge is 0.119 e. The van der Waals surface area contributed by atoms with Gasteiger partial charge in [0.2, 0.25) is 0 Å². The first-order valence-electron chi connectivity index (χ1n) is 6.20. The molecule has 1 unspecified atom stereocenters. The second kappa shape index (κ2) is 7.53. The molecule has 0 spiro atoms. The molecule has 2 aromatic carbocycles. The highest BCUT2D eigenvalue weighted by atomic mass is 79.9. The summed E-state index contributed by atoms with van der Waals surface area (Å²) in [6.07, 6.45) is -0.620. The van der Waals surface area contributed by atoms with Crippen LogP contribution in [0.25, 0.3) is 0 Å². The van der Waals surface area contributed by atoms with Gasteiger partial charge in [0, 0.05) is 11.0 Å². The van der Waals surface area contributed by atoms with E-state index in [9.17, 15) is 5.11 Å². The highest BCUT2D eigenvalue weighted by Crippen LogP contribution is 2.25. The molecule has 0 heterocycles. The number of rotatable bonds is 6. The third-order valence-electron chi connectivity index (χ3n) is 2.64. The molecule has 0 aromatic heterocycles. The van der Waals surface area contributed by atoms with Crippen molar-refractivity contribution in [2.24, 2.45) is 0 Å². The Balaban J connectivity index is 1.80. The van der Waals surface area contributed by atoms with Gasteiger partial charge in [-0.15, -0.1) is 0 Å². The van der Waals surface area contributed by atoms with E-state index in [1.807, 2.05) is 42.5 Å². The molecule has 20 heavy (non-hydrogen) atoms. The maximum absolute atomic E-state index is 9.89. The molecule has 0 amide bonds. The van der Waals surface area contributed by atoms with Gasteiger partial charge < -0.3 is 15.2 Å². The van der Waals surface area contributed by atoms with Gasteiger partial charge in [-0.05, 0) is 30.3 Å². The first-order chi connectivity index (χ1) is 9.65. The van der Waals surface area contributed by atoms with Crippen LogP contribution in [0.2, 0.25) is 5.02 Å². The lowest BCUT2D eigenvalue weighted by Gasteiger charge is -2.15. The zero-order chi connectivity index (χ0) is 14.4. The lowest BCUT2D eigenvalue weighted by Crippen LogP contribution is -2.26. The maximum atomic E-state index is 9.89. The van der Waals surface area contributed by atoms with Crippen molar-refractivity contribution in [1.82, 2.24) is 0 Å². The highest BCUT2D eigenvalue weighted by molar-refractivity contribution is 9.10. The molecule has 0 saturated carbocycles. The van der Waals surface area contributed by atoms with Gasteiger partial charge in [0.25, 0.3) is 0 Å². The minimum Gasteiger partial charge on any atom is -0.491 e. The molecule has 0 aliphatic heterocycles. The van der Waals surface area contributed by atoms with Gasteiger partial charge in [0.05, 0.1) is 10.7 Å². The fourth-order valence-electron chi connectivity index (χ4n) is 1.63. The Kier molecular flexibility index (Phi) is 5.71. The molecule has 0 fully saturated rings. The zero-order valence-electron chi connectivity index (χ0n) is 10.7. The molecule has 5 heteroatoms. The van der Waals surface area contributed by atoms with E-state index in [1.165, 1.54) is 0 Å². The van der Waals surface area contributed by atoms with Crippen LogP contribution in [0.15, 0.2) is 53.0 Å². The summed E-state index contributed by atoms with van der Waals surface area (Å²) in [5.41, 5.74) is 0.778. The van der Waals surface area contributed by atoms with E-state index in [-0.39, 0.29) is 6.61 Å². The molecule has 0 radical (unpaired) electrons. The van der Waals surface area contributed by atoms with Crippen molar-refractivity contribution in [2.45, 2.75) is 6.10 Å². The average molecular weight is 357 g/mol. The first kappa shape index (κ1) is 15.2. The van der Waals surface area contributed by atoms with Crippen LogP contribution < -0.4 is 10.1 Å². The number of ether oxygens (including phenoxy) is 1. The van der Waals surface area contributed by atoms with Crippen molar-refractivity contribution in [3.05, 3.63) is 58.0 Å². The number of aliphatic hydroxyl groups excluding tert-OH is 1. The molecule has 1 atom stereocenters. The van der Waals surface area contributed by atoms with Crippen molar-refractivity contribution in [2.75, 3.05) is 18.5 Å². The van der Waals surface area contributed by atoms with Gasteiger partial charge in [-0.25, -0.2) is 0 Å². The van der Waals surface area contributed by atoms with E-state index < -0.39 is 6.10 Å². The summed E-state index contributed by atoms with van der Waals surface area (Å²) < 4.78 is 6.41. The Morgan fingerprint density at radius 3 is 2.70 bits per heavy atom. The van der Waals surface area contributed by atoms with Crippen LogP contribution in [-0.4, -0.2) is 24.4 Å². The third-order valence-corrected chi connectivity index (χ3v) is 3.46. The van der Waals surface area contributed by atoms with Gasteiger partial charge in [-0.2, -0.15) is 0 Å². The monoisotopic (exact) mass is 355 g/mol. The highest BCUT2D eigenvalue weighted by Gasteiger charge is 2.07. The molecule has 106 valence electrons. The number of benzene rings is 2. The average Bonchev–Trinajstić information content (AvgIpc) is 2.47. The Morgan fingerprint density at radius 2 is 1.95 bits per heavy atom. The molecule has 3 nitrogen and oxygen atoms in total. The van der Waals surface area contributed by atoms with Crippen molar-refractivity contribution < 1.29 is 9.84 Å². The molecule has 2 rings (SSSR count). The second-order valence-electron chi connectivity index (χ2n) is 4.28. The van der Waals surface area contributed by atoms with E-state index in [2.05, 4.69) is 21.2 Å². The summed E-state index contributed by atoms with van der Waals surface area (Å²) in [7, 11) is 0. The minimum absolute atomic E-state index is 0.225. The summed E-state index contributed by atoms with van der Waals surface area (Å²) >= 11 is 9.44. The fraction of sp³-hybridized carbons (Fsp3) is 0.200. The topological polar surface area (TPSA) is 41.5 Å². The van der Waals surface area contributed by atoms with Gasteiger partial charge in [0.15, 0.2) is 0 Å². The van der Waals surface area contributed by atoms with Gasteiger partial charge in [-0.3, -0.25) is 0 Å². The van der Waals surface area contributed by atoms with Crippen LogP contribution >= 0.6 is 27.5 Å². The number of aliphatic hydroxyl groups is 1. The zero-order valence-corrected chi connectivity index (χ0v) is 13.1. The molecular weight excluding hydrogens is 342 g/mol. The Morgan fingerprint density at radius 1 is 1.20 bits per heavy atom. The van der Waals surface area contributed by atoms with Gasteiger partial charge in [-0.1, -0.05) is 45.7 Å². The number of hydrogen-bond donors (Lipinski definition) is 2. The van der Waals surface area contributed by atoms with Crippen LogP contribution in [0.4, 0.5) is 5.69 Å². The van der Waals surface area contributed by atoms with Crippen molar-refractivity contribution in [1.29, 1.82) is 0 Å². The first-order valence-corrected chi connectivity index (χ1v) is 7.37. The third kappa shape index (κ3) is 4.71. The summed E-state index contributed by atoms with van der Waals surface area (Å²) in [5, 5.41) is 13.6. The van der Waals surface area contributed by atoms with Gasteiger partial charge in [0.1, 0.15) is 18.5 Å². The van der Waals surface area contributed by atoms with Crippen LogP contribution in [0.1, 0.15) is 0 Å². The number of anilines is 1. The molecular formula is C15H15BrClNO2. The largest absolute Gasteiger partial charge is 0.491 e. The summed E-state index contributed by atoms with van der Waals surface area (Å²) in [5.74, 6) is 0.743. The summed E-state index contributed by atoms with van der Waals surface area (Å²) in [6.45, 7) is 0.589. The maximum Gasteiger partial charge on any atom is 0.119 e. The van der Waals surface area contributed by atoms with Crippen molar-refractivity contribution in [3.63, 3.8) is 0 Å². The SMILES string of the molecule is OC(CNc1cc(Br)ccc1Cl)COc1ccccc1. The molecule has 0 saturated heterocycles. The van der Waals surface area contributed by atoms with E-state index in [1.54, 1.807) is 6.07 Å². The van der Waals surface area contributed by atoms with E-state index in [0.29, 0.717) is 11.6 Å². The second-order valence-corrected chi connectivity index (χ2v) is 5.61. The molecule has 0 aliphatic rings. The normalized spacial score (nSPS) is 11.9. The lowest BCUT2D eigenvalue weighted by molar-refractivity contribution is 0.117. The number of nitrogens with one attached hydrogen (secondary N) is 1. The Hall–Kier alpha value is -1.23. The predicted octanol–water partition coefficient (Wildman–Crippen LogP) is 3.95. The molecule has 0 aliphatic carbocycles. The van der Waals surface area contributed by atoms with Crippen LogP contribution in [0.5, 0.6) is 5.75 Å². The number of para-hydroxylation sites is 1. The minimum atomic E-state index is -0.620. The number of hydrogen-bond acceptors (Lipinski definition) is 3. The summed E-state index contributed by atoms with van der Waals surface area (Å²) in [4.78, 5) is 0. The summed E-state index contributed by atoms with van der Waals surface area (Å²) in [6, 6.07) is 14.9. The molecule has 2 aromatic rings. The fourth-order valence-corrected chi connectivity index (χ4v) is 2.17. The predicted molar refractivity (Wildman–Crippen MR) is 85.6 cm³/mol.